The molecule has 110 valence electrons. The molecule has 0 saturated carbocycles. The maximum absolute atomic E-state index is 12.0. The zero-order chi connectivity index (χ0) is 15.3. The number of rotatable bonds is 6. The van der Waals surface area contributed by atoms with Gasteiger partial charge in [0.2, 0.25) is 0 Å². The zero-order valence-corrected chi connectivity index (χ0v) is 12.1. The van der Waals surface area contributed by atoms with E-state index < -0.39 is 4.92 Å². The number of carbonyl (C=O) groups is 1. The number of likely N-dealkylation sites (N-methyl/N-ethyl adjacent to an activating group) is 1. The lowest BCUT2D eigenvalue weighted by atomic mass is 10.1. The first-order chi connectivity index (χ1) is 9.36. The van der Waals surface area contributed by atoms with Gasteiger partial charge in [-0.2, -0.15) is 0 Å². The van der Waals surface area contributed by atoms with E-state index in [-0.39, 0.29) is 17.6 Å². The Kier molecular flexibility index (Phi) is 5.45. The monoisotopic (exact) mass is 280 g/mol. The van der Waals surface area contributed by atoms with Gasteiger partial charge in [-0.05, 0) is 33.2 Å². The number of anilines is 1. The lowest BCUT2D eigenvalue weighted by Gasteiger charge is -2.20. The molecular weight excluding hydrogens is 260 g/mol. The van der Waals surface area contributed by atoms with Crippen molar-refractivity contribution in [2.45, 2.75) is 13.0 Å². The van der Waals surface area contributed by atoms with Crippen LogP contribution in [0.1, 0.15) is 17.3 Å². The summed E-state index contributed by atoms with van der Waals surface area (Å²) in [6.07, 6.45) is 0. The van der Waals surface area contributed by atoms with Crippen molar-refractivity contribution < 1.29 is 9.72 Å². The van der Waals surface area contributed by atoms with Crippen molar-refractivity contribution in [2.75, 3.05) is 33.0 Å². The van der Waals surface area contributed by atoms with Crippen molar-refractivity contribution in [1.29, 1.82) is 0 Å². The average Bonchev–Trinajstić information content (AvgIpc) is 2.43. The van der Waals surface area contributed by atoms with Crippen molar-refractivity contribution in [3.8, 4) is 0 Å². The number of hydrogen-bond acceptors (Lipinski definition) is 5. The Labute approximate surface area is 118 Å². The fourth-order valence-electron chi connectivity index (χ4n) is 1.56. The minimum absolute atomic E-state index is 0.0503. The highest BCUT2D eigenvalue weighted by molar-refractivity contribution is 5.95. The van der Waals surface area contributed by atoms with Crippen molar-refractivity contribution in [2.24, 2.45) is 0 Å². The molecule has 0 saturated heterocycles. The molecule has 0 bridgehead atoms. The van der Waals surface area contributed by atoms with E-state index in [1.54, 1.807) is 7.05 Å². The summed E-state index contributed by atoms with van der Waals surface area (Å²) in [5.41, 5.74) is 0.667. The summed E-state index contributed by atoms with van der Waals surface area (Å²) >= 11 is 0. The van der Waals surface area contributed by atoms with Gasteiger partial charge in [0.1, 0.15) is 5.69 Å². The zero-order valence-electron chi connectivity index (χ0n) is 12.1. The van der Waals surface area contributed by atoms with Gasteiger partial charge >= 0.3 is 0 Å². The molecule has 1 atom stereocenters. The molecule has 1 aromatic rings. The fraction of sp³-hybridized carbons (Fsp3) is 0.462. The lowest BCUT2D eigenvalue weighted by molar-refractivity contribution is -0.383. The van der Waals surface area contributed by atoms with E-state index in [4.69, 9.17) is 0 Å². The molecule has 1 rings (SSSR count). The summed E-state index contributed by atoms with van der Waals surface area (Å²) in [5.74, 6) is -0.245. The van der Waals surface area contributed by atoms with Gasteiger partial charge in [-0.3, -0.25) is 14.9 Å². The summed E-state index contributed by atoms with van der Waals surface area (Å²) in [5, 5.41) is 16.3. The number of nitrogens with zero attached hydrogens (tertiary/aromatic N) is 2. The lowest BCUT2D eigenvalue weighted by Crippen LogP contribution is -2.38. The smallest absolute Gasteiger partial charge is 0.292 e. The molecular formula is C13H20N4O3. The Hall–Kier alpha value is -2.15. The second-order valence-corrected chi connectivity index (χ2v) is 4.76. The molecule has 7 nitrogen and oxygen atoms in total. The predicted octanol–water partition coefficient (Wildman–Crippen LogP) is 1.32. The van der Waals surface area contributed by atoms with Crippen LogP contribution < -0.4 is 10.6 Å². The molecule has 1 amide bonds. The molecule has 0 aliphatic rings. The number of nitro groups is 1. The maximum Gasteiger partial charge on any atom is 0.292 e. The van der Waals surface area contributed by atoms with E-state index >= 15 is 0 Å². The third kappa shape index (κ3) is 3.92. The molecule has 0 aliphatic heterocycles. The highest BCUT2D eigenvalue weighted by Crippen LogP contribution is 2.24. The molecule has 0 heterocycles. The van der Waals surface area contributed by atoms with Crippen molar-refractivity contribution in [3.63, 3.8) is 0 Å². The summed E-state index contributed by atoms with van der Waals surface area (Å²) < 4.78 is 0. The molecule has 0 radical (unpaired) electrons. The minimum atomic E-state index is -0.484. The van der Waals surface area contributed by atoms with Gasteiger partial charge in [-0.1, -0.05) is 0 Å². The quantitative estimate of drug-likeness (QED) is 0.606. The van der Waals surface area contributed by atoms with E-state index in [9.17, 15) is 14.9 Å². The van der Waals surface area contributed by atoms with Gasteiger partial charge in [0.25, 0.3) is 11.6 Å². The largest absolute Gasteiger partial charge is 0.383 e. The Balaban J connectivity index is 2.81. The topological polar surface area (TPSA) is 87.5 Å². The van der Waals surface area contributed by atoms with Crippen molar-refractivity contribution in [3.05, 3.63) is 33.9 Å². The number of nitro benzene ring substituents is 1. The van der Waals surface area contributed by atoms with E-state index in [0.29, 0.717) is 17.8 Å². The van der Waals surface area contributed by atoms with Gasteiger partial charge in [0.15, 0.2) is 0 Å². The maximum atomic E-state index is 12.0. The molecule has 2 N–H and O–H groups in total. The second kappa shape index (κ2) is 6.85. The molecule has 20 heavy (non-hydrogen) atoms. The van der Waals surface area contributed by atoms with Crippen LogP contribution in [0.25, 0.3) is 0 Å². The highest BCUT2D eigenvalue weighted by Gasteiger charge is 2.16. The van der Waals surface area contributed by atoms with Crippen LogP contribution in [-0.2, 0) is 0 Å². The van der Waals surface area contributed by atoms with Crippen LogP contribution in [0.4, 0.5) is 11.4 Å². The normalized spacial score (nSPS) is 12.1. The number of hydrogen-bond donors (Lipinski definition) is 2. The van der Waals surface area contributed by atoms with Crippen molar-refractivity contribution >= 4 is 17.3 Å². The molecule has 0 fully saturated rings. The van der Waals surface area contributed by atoms with Gasteiger partial charge in [0, 0.05) is 31.3 Å². The first-order valence-corrected chi connectivity index (χ1v) is 6.27. The van der Waals surface area contributed by atoms with E-state index in [0.717, 1.165) is 0 Å². The minimum Gasteiger partial charge on any atom is -0.383 e. The van der Waals surface area contributed by atoms with E-state index in [2.05, 4.69) is 10.6 Å². The van der Waals surface area contributed by atoms with Crippen LogP contribution in [0, 0.1) is 10.1 Å². The van der Waals surface area contributed by atoms with Gasteiger partial charge in [0.05, 0.1) is 4.92 Å². The Morgan fingerprint density at radius 2 is 2.10 bits per heavy atom. The Morgan fingerprint density at radius 3 is 2.60 bits per heavy atom. The van der Waals surface area contributed by atoms with Crippen LogP contribution in [0.3, 0.4) is 0 Å². The third-order valence-electron chi connectivity index (χ3n) is 3.16. The average molecular weight is 280 g/mol. The molecule has 7 heteroatoms. The molecule has 1 unspecified atom stereocenters. The first kappa shape index (κ1) is 15.9. The van der Waals surface area contributed by atoms with Crippen LogP contribution in [0.5, 0.6) is 0 Å². The summed E-state index contributed by atoms with van der Waals surface area (Å²) in [4.78, 5) is 24.3. The number of nitrogens with one attached hydrogen (secondary N) is 2. The van der Waals surface area contributed by atoms with Crippen LogP contribution in [0.2, 0.25) is 0 Å². The van der Waals surface area contributed by atoms with Crippen molar-refractivity contribution in [1.82, 2.24) is 10.2 Å². The number of amides is 1. The fourth-order valence-corrected chi connectivity index (χ4v) is 1.56. The summed E-state index contributed by atoms with van der Waals surface area (Å²) in [6, 6.07) is 4.47. The second-order valence-electron chi connectivity index (χ2n) is 4.76. The van der Waals surface area contributed by atoms with E-state index in [1.165, 1.54) is 18.2 Å². The number of benzene rings is 1. The molecule has 0 aliphatic carbocycles. The van der Waals surface area contributed by atoms with Gasteiger partial charge in [-0.25, -0.2) is 0 Å². The molecule has 0 spiro atoms. The molecule has 0 aromatic heterocycles. The van der Waals surface area contributed by atoms with Gasteiger partial charge < -0.3 is 15.5 Å². The summed E-state index contributed by atoms with van der Waals surface area (Å²) in [6.45, 7) is 2.51. The van der Waals surface area contributed by atoms with Crippen LogP contribution in [-0.4, -0.2) is 49.5 Å². The van der Waals surface area contributed by atoms with Crippen LogP contribution in [0.15, 0.2) is 18.2 Å². The highest BCUT2D eigenvalue weighted by atomic mass is 16.6. The van der Waals surface area contributed by atoms with Gasteiger partial charge in [-0.15, -0.1) is 0 Å². The summed E-state index contributed by atoms with van der Waals surface area (Å²) in [7, 11) is 5.45. The van der Waals surface area contributed by atoms with E-state index in [1.807, 2.05) is 25.9 Å². The predicted molar refractivity (Wildman–Crippen MR) is 78.1 cm³/mol. The Morgan fingerprint density at radius 1 is 1.45 bits per heavy atom. The number of carbonyl (C=O) groups excluding carboxylic acids is 1. The third-order valence-corrected chi connectivity index (χ3v) is 3.16. The standard InChI is InChI=1S/C13H20N4O3/c1-9(16(3)4)8-15-13(18)10-5-6-12(17(19)20)11(7-10)14-2/h5-7,9,14H,8H2,1-4H3,(H,15,18). The van der Waals surface area contributed by atoms with Crippen LogP contribution >= 0.6 is 0 Å². The SMILES string of the molecule is CNc1cc(C(=O)NCC(C)N(C)C)ccc1[N+](=O)[O-]. The molecule has 1 aromatic carbocycles. The first-order valence-electron chi connectivity index (χ1n) is 6.27. The Bertz CT molecular complexity index is 502.